The summed E-state index contributed by atoms with van der Waals surface area (Å²) in [6, 6.07) is 13.2. The molecule has 3 heteroatoms. The van der Waals surface area contributed by atoms with Crippen molar-refractivity contribution in [3.05, 3.63) is 57.6 Å². The molecule has 0 saturated carbocycles. The average molecular weight is 364 g/mol. The first-order valence-electron chi connectivity index (χ1n) is 7.34. The van der Waals surface area contributed by atoms with Crippen LogP contribution in [0.3, 0.4) is 0 Å². The fourth-order valence-corrected chi connectivity index (χ4v) is 3.67. The predicted molar refractivity (Wildman–Crippen MR) is 96.2 cm³/mol. The lowest BCUT2D eigenvalue weighted by Gasteiger charge is -2.12. The zero-order valence-corrected chi connectivity index (χ0v) is 15.3. The Labute approximate surface area is 140 Å². The maximum Gasteiger partial charge on any atom is 0.0216 e. The summed E-state index contributed by atoms with van der Waals surface area (Å²) in [4.78, 5) is 2.61. The van der Waals surface area contributed by atoms with E-state index < -0.39 is 0 Å². The lowest BCUT2D eigenvalue weighted by Crippen LogP contribution is -2.14. The molecule has 0 aliphatic rings. The molecule has 0 amide bonds. The van der Waals surface area contributed by atoms with Crippen molar-refractivity contribution in [1.29, 1.82) is 0 Å². The lowest BCUT2D eigenvalue weighted by atomic mass is 10.1. The minimum absolute atomic E-state index is 0.925. The van der Waals surface area contributed by atoms with Crippen LogP contribution in [0.2, 0.25) is 0 Å². The standard InChI is InChI=1S/C18H22BrNS/c1-4-9-20-12-15-6-7-16(19)11-18(15)21-17-8-5-13(2)14(3)10-17/h5-8,10-11,20H,4,9,12H2,1-3H3. The summed E-state index contributed by atoms with van der Waals surface area (Å²) < 4.78 is 1.13. The molecule has 0 fully saturated rings. The van der Waals surface area contributed by atoms with Crippen LogP contribution in [0.1, 0.15) is 30.0 Å². The van der Waals surface area contributed by atoms with E-state index in [4.69, 9.17) is 0 Å². The van der Waals surface area contributed by atoms with E-state index in [0.717, 1.165) is 24.0 Å². The largest absolute Gasteiger partial charge is 0.313 e. The Morgan fingerprint density at radius 3 is 2.57 bits per heavy atom. The van der Waals surface area contributed by atoms with Gasteiger partial charge in [0.15, 0.2) is 0 Å². The molecule has 0 aliphatic heterocycles. The second-order valence-electron chi connectivity index (χ2n) is 5.28. The van der Waals surface area contributed by atoms with Crippen molar-refractivity contribution >= 4 is 27.7 Å². The molecular formula is C18H22BrNS. The molecule has 0 radical (unpaired) electrons. The summed E-state index contributed by atoms with van der Waals surface area (Å²) in [5.41, 5.74) is 4.05. The minimum Gasteiger partial charge on any atom is -0.313 e. The van der Waals surface area contributed by atoms with Gasteiger partial charge in [-0.15, -0.1) is 0 Å². The van der Waals surface area contributed by atoms with Gasteiger partial charge in [-0.1, -0.05) is 46.7 Å². The fraction of sp³-hybridized carbons (Fsp3) is 0.333. The number of nitrogens with one attached hydrogen (secondary N) is 1. The second-order valence-corrected chi connectivity index (χ2v) is 7.31. The minimum atomic E-state index is 0.925. The van der Waals surface area contributed by atoms with Gasteiger partial charge in [0.25, 0.3) is 0 Å². The molecule has 0 aromatic heterocycles. The maximum absolute atomic E-state index is 3.58. The van der Waals surface area contributed by atoms with Crippen molar-refractivity contribution in [2.75, 3.05) is 6.54 Å². The number of hydrogen-bond acceptors (Lipinski definition) is 2. The monoisotopic (exact) mass is 363 g/mol. The molecule has 0 unspecified atom stereocenters. The van der Waals surface area contributed by atoms with E-state index >= 15 is 0 Å². The van der Waals surface area contributed by atoms with Gasteiger partial charge in [0, 0.05) is 20.8 Å². The van der Waals surface area contributed by atoms with Gasteiger partial charge in [-0.25, -0.2) is 0 Å². The van der Waals surface area contributed by atoms with Gasteiger partial charge < -0.3 is 5.32 Å². The first-order valence-corrected chi connectivity index (χ1v) is 8.95. The van der Waals surface area contributed by atoms with Gasteiger partial charge in [-0.05, 0) is 67.8 Å². The van der Waals surface area contributed by atoms with Crippen LogP contribution in [0.15, 0.2) is 50.7 Å². The van der Waals surface area contributed by atoms with Gasteiger partial charge in [-0.2, -0.15) is 0 Å². The molecule has 21 heavy (non-hydrogen) atoms. The van der Waals surface area contributed by atoms with Gasteiger partial charge in [0.05, 0.1) is 0 Å². The van der Waals surface area contributed by atoms with Crippen LogP contribution in [0.25, 0.3) is 0 Å². The summed E-state index contributed by atoms with van der Waals surface area (Å²) in [6.07, 6.45) is 1.16. The molecular weight excluding hydrogens is 342 g/mol. The fourth-order valence-electron chi connectivity index (χ4n) is 2.07. The SMILES string of the molecule is CCCNCc1ccc(Br)cc1Sc1ccc(C)c(C)c1. The molecule has 0 bridgehead atoms. The molecule has 2 rings (SSSR count). The third kappa shape index (κ3) is 4.87. The molecule has 0 spiro atoms. The van der Waals surface area contributed by atoms with Gasteiger partial charge in [0.1, 0.15) is 0 Å². The molecule has 0 aliphatic carbocycles. The van der Waals surface area contributed by atoms with Crippen LogP contribution in [0.4, 0.5) is 0 Å². The lowest BCUT2D eigenvalue weighted by molar-refractivity contribution is 0.669. The highest BCUT2D eigenvalue weighted by Gasteiger charge is 2.06. The van der Waals surface area contributed by atoms with Crippen molar-refractivity contribution in [3.8, 4) is 0 Å². The molecule has 1 nitrogen and oxygen atoms in total. The molecule has 112 valence electrons. The van der Waals surface area contributed by atoms with E-state index in [1.54, 1.807) is 0 Å². The highest BCUT2D eigenvalue weighted by Crippen LogP contribution is 2.33. The van der Waals surface area contributed by atoms with Crippen LogP contribution in [-0.4, -0.2) is 6.54 Å². The Bertz CT molecular complexity index is 610. The molecule has 2 aromatic rings. The van der Waals surface area contributed by atoms with Gasteiger partial charge in [-0.3, -0.25) is 0 Å². The van der Waals surface area contributed by atoms with E-state index in [9.17, 15) is 0 Å². The topological polar surface area (TPSA) is 12.0 Å². The highest BCUT2D eigenvalue weighted by molar-refractivity contribution is 9.10. The van der Waals surface area contributed by atoms with E-state index in [0.29, 0.717) is 0 Å². The normalized spacial score (nSPS) is 10.9. The molecule has 1 N–H and O–H groups in total. The van der Waals surface area contributed by atoms with Crippen LogP contribution in [0.5, 0.6) is 0 Å². The Morgan fingerprint density at radius 1 is 1.05 bits per heavy atom. The number of benzene rings is 2. The second kappa shape index (κ2) is 8.02. The highest BCUT2D eigenvalue weighted by atomic mass is 79.9. The summed E-state index contributed by atoms with van der Waals surface area (Å²) in [5.74, 6) is 0. The Balaban J connectivity index is 2.20. The van der Waals surface area contributed by atoms with Crippen molar-refractivity contribution in [1.82, 2.24) is 5.32 Å². The Morgan fingerprint density at radius 2 is 1.86 bits per heavy atom. The van der Waals surface area contributed by atoms with Crippen LogP contribution in [0, 0.1) is 13.8 Å². The van der Waals surface area contributed by atoms with Crippen molar-refractivity contribution < 1.29 is 0 Å². The molecule has 0 atom stereocenters. The van der Waals surface area contributed by atoms with Gasteiger partial charge in [0.2, 0.25) is 0 Å². The Kier molecular flexibility index (Phi) is 6.34. The third-order valence-electron chi connectivity index (χ3n) is 3.48. The van der Waals surface area contributed by atoms with E-state index in [1.165, 1.54) is 26.5 Å². The van der Waals surface area contributed by atoms with E-state index in [1.807, 2.05) is 11.8 Å². The summed E-state index contributed by atoms with van der Waals surface area (Å²) in [5, 5.41) is 3.49. The van der Waals surface area contributed by atoms with Crippen molar-refractivity contribution in [2.24, 2.45) is 0 Å². The first kappa shape index (κ1) is 16.6. The third-order valence-corrected chi connectivity index (χ3v) is 5.06. The first-order chi connectivity index (χ1) is 10.1. The summed E-state index contributed by atoms with van der Waals surface area (Å²) in [6.45, 7) is 8.50. The summed E-state index contributed by atoms with van der Waals surface area (Å²) >= 11 is 5.42. The van der Waals surface area contributed by atoms with Crippen LogP contribution < -0.4 is 5.32 Å². The van der Waals surface area contributed by atoms with E-state index in [2.05, 4.69) is 78.4 Å². The van der Waals surface area contributed by atoms with Crippen LogP contribution in [-0.2, 0) is 6.54 Å². The zero-order valence-electron chi connectivity index (χ0n) is 12.9. The maximum atomic E-state index is 3.58. The molecule has 0 saturated heterocycles. The Hall–Kier alpha value is -0.770. The smallest absolute Gasteiger partial charge is 0.0216 e. The summed E-state index contributed by atoms with van der Waals surface area (Å²) in [7, 11) is 0. The molecule has 2 aromatic carbocycles. The van der Waals surface area contributed by atoms with Crippen molar-refractivity contribution in [2.45, 2.75) is 43.5 Å². The number of rotatable bonds is 6. The van der Waals surface area contributed by atoms with Crippen molar-refractivity contribution in [3.63, 3.8) is 0 Å². The number of hydrogen-bond donors (Lipinski definition) is 1. The quantitative estimate of drug-likeness (QED) is 0.658. The van der Waals surface area contributed by atoms with Gasteiger partial charge >= 0.3 is 0 Å². The average Bonchev–Trinajstić information content (AvgIpc) is 2.45. The number of halogens is 1. The zero-order chi connectivity index (χ0) is 15.2. The van der Waals surface area contributed by atoms with Crippen LogP contribution >= 0.6 is 27.7 Å². The molecule has 0 heterocycles. The predicted octanol–water partition coefficient (Wildman–Crippen LogP) is 5.72. The number of aryl methyl sites for hydroxylation is 2. The van der Waals surface area contributed by atoms with E-state index in [-0.39, 0.29) is 0 Å².